The third kappa shape index (κ3) is 3.84. The maximum atomic E-state index is 12.0. The number of carbonyl (C=O) groups excluding carboxylic acids is 1. The highest BCUT2D eigenvalue weighted by atomic mass is 32.1. The Bertz CT molecular complexity index is 574. The Kier molecular flexibility index (Phi) is 4.79. The minimum absolute atomic E-state index is 0.0833. The monoisotopic (exact) mass is 288 g/mol. The summed E-state index contributed by atoms with van der Waals surface area (Å²) in [6, 6.07) is 7.71. The maximum Gasteiger partial charge on any atom is 0.220 e. The van der Waals surface area contributed by atoms with E-state index in [9.17, 15) is 4.79 Å². The van der Waals surface area contributed by atoms with Gasteiger partial charge >= 0.3 is 0 Å². The molecule has 1 amide bonds. The van der Waals surface area contributed by atoms with E-state index < -0.39 is 0 Å². The average Bonchev–Trinajstić information content (AvgIpc) is 2.82. The van der Waals surface area contributed by atoms with E-state index in [1.807, 2.05) is 24.3 Å². The van der Waals surface area contributed by atoms with Gasteiger partial charge in [-0.05, 0) is 52.4 Å². The normalized spacial score (nSPS) is 12.1. The standard InChI is InChI=1S/C16H20N2OS/c1-11(13-3-5-15(17)6-4-13)7-16(19)18-8-14-10-20-9-12(14)2/h3-6,9-11H,7-8,17H2,1-2H3,(H,18,19). The third-order valence-electron chi connectivity index (χ3n) is 3.43. The summed E-state index contributed by atoms with van der Waals surface area (Å²) in [6.07, 6.45) is 0.493. The minimum atomic E-state index is 0.0833. The second kappa shape index (κ2) is 6.57. The van der Waals surface area contributed by atoms with Crippen molar-refractivity contribution in [3.05, 3.63) is 51.7 Å². The second-order valence-electron chi connectivity index (χ2n) is 5.13. The summed E-state index contributed by atoms with van der Waals surface area (Å²) in [4.78, 5) is 12.0. The fraction of sp³-hybridized carbons (Fsp3) is 0.312. The summed E-state index contributed by atoms with van der Waals surface area (Å²) in [5.41, 5.74) is 9.99. The maximum absolute atomic E-state index is 12.0. The van der Waals surface area contributed by atoms with Crippen LogP contribution in [0.4, 0.5) is 5.69 Å². The number of benzene rings is 1. The molecular weight excluding hydrogens is 268 g/mol. The van der Waals surface area contributed by atoms with E-state index in [1.54, 1.807) is 11.3 Å². The molecule has 0 spiro atoms. The van der Waals surface area contributed by atoms with E-state index >= 15 is 0 Å². The van der Waals surface area contributed by atoms with Gasteiger partial charge in [-0.15, -0.1) is 0 Å². The van der Waals surface area contributed by atoms with Gasteiger partial charge in [-0.2, -0.15) is 11.3 Å². The zero-order valence-corrected chi connectivity index (χ0v) is 12.7. The highest BCUT2D eigenvalue weighted by Crippen LogP contribution is 2.20. The van der Waals surface area contributed by atoms with E-state index in [-0.39, 0.29) is 11.8 Å². The molecule has 0 aliphatic rings. The molecular formula is C16H20N2OS. The molecule has 0 fully saturated rings. The van der Waals surface area contributed by atoms with Crippen molar-refractivity contribution in [3.8, 4) is 0 Å². The van der Waals surface area contributed by atoms with Crippen LogP contribution in [-0.2, 0) is 11.3 Å². The molecule has 4 heteroatoms. The van der Waals surface area contributed by atoms with Gasteiger partial charge in [0, 0.05) is 18.7 Å². The second-order valence-corrected chi connectivity index (χ2v) is 5.87. The van der Waals surface area contributed by atoms with Crippen LogP contribution in [0.15, 0.2) is 35.0 Å². The Morgan fingerprint density at radius 2 is 2.00 bits per heavy atom. The smallest absolute Gasteiger partial charge is 0.220 e. The number of rotatable bonds is 5. The lowest BCUT2D eigenvalue weighted by Gasteiger charge is -2.12. The summed E-state index contributed by atoms with van der Waals surface area (Å²) in [5.74, 6) is 0.277. The van der Waals surface area contributed by atoms with Crippen LogP contribution in [0.5, 0.6) is 0 Å². The van der Waals surface area contributed by atoms with Crippen molar-refractivity contribution in [2.45, 2.75) is 32.7 Å². The molecule has 1 heterocycles. The fourth-order valence-corrected chi connectivity index (χ4v) is 2.91. The van der Waals surface area contributed by atoms with Crippen molar-refractivity contribution in [3.63, 3.8) is 0 Å². The van der Waals surface area contributed by atoms with Crippen molar-refractivity contribution in [2.24, 2.45) is 0 Å². The molecule has 0 saturated carbocycles. The van der Waals surface area contributed by atoms with Crippen LogP contribution in [0.3, 0.4) is 0 Å². The van der Waals surface area contributed by atoms with E-state index in [0.717, 1.165) is 11.3 Å². The summed E-state index contributed by atoms with van der Waals surface area (Å²) < 4.78 is 0. The number of nitrogens with one attached hydrogen (secondary N) is 1. The Balaban J connectivity index is 1.85. The number of hydrogen-bond donors (Lipinski definition) is 2. The van der Waals surface area contributed by atoms with Gasteiger partial charge in [0.25, 0.3) is 0 Å². The lowest BCUT2D eigenvalue weighted by Crippen LogP contribution is -2.24. The van der Waals surface area contributed by atoms with E-state index in [0.29, 0.717) is 13.0 Å². The van der Waals surface area contributed by atoms with E-state index in [1.165, 1.54) is 11.1 Å². The van der Waals surface area contributed by atoms with Crippen molar-refractivity contribution < 1.29 is 4.79 Å². The fourth-order valence-electron chi connectivity index (χ4n) is 2.05. The van der Waals surface area contributed by atoms with Gasteiger partial charge in [0.1, 0.15) is 0 Å². The lowest BCUT2D eigenvalue weighted by molar-refractivity contribution is -0.121. The average molecular weight is 288 g/mol. The number of amides is 1. The molecule has 20 heavy (non-hydrogen) atoms. The first-order valence-corrected chi connectivity index (χ1v) is 7.64. The minimum Gasteiger partial charge on any atom is -0.399 e. The van der Waals surface area contributed by atoms with Gasteiger partial charge in [0.15, 0.2) is 0 Å². The largest absolute Gasteiger partial charge is 0.399 e. The highest BCUT2D eigenvalue weighted by molar-refractivity contribution is 7.08. The van der Waals surface area contributed by atoms with E-state index in [4.69, 9.17) is 5.73 Å². The van der Waals surface area contributed by atoms with Crippen LogP contribution >= 0.6 is 11.3 Å². The number of nitrogen functional groups attached to an aromatic ring is 1. The van der Waals surface area contributed by atoms with E-state index in [2.05, 4.69) is 29.9 Å². The highest BCUT2D eigenvalue weighted by Gasteiger charge is 2.11. The van der Waals surface area contributed by atoms with Crippen LogP contribution in [0, 0.1) is 6.92 Å². The quantitative estimate of drug-likeness (QED) is 0.828. The van der Waals surface area contributed by atoms with Crippen molar-refractivity contribution in [1.29, 1.82) is 0 Å². The number of anilines is 1. The molecule has 1 aromatic heterocycles. The summed E-state index contributed by atoms with van der Waals surface area (Å²) in [6.45, 7) is 4.73. The number of hydrogen-bond acceptors (Lipinski definition) is 3. The Hall–Kier alpha value is -1.81. The van der Waals surface area contributed by atoms with Gasteiger partial charge in [-0.3, -0.25) is 4.79 Å². The lowest BCUT2D eigenvalue weighted by atomic mass is 9.97. The number of thiophene rings is 1. The Labute approximate surface area is 123 Å². The predicted octanol–water partition coefficient (Wildman–Crippen LogP) is 3.45. The number of carbonyl (C=O) groups is 1. The van der Waals surface area contributed by atoms with Crippen molar-refractivity contribution in [1.82, 2.24) is 5.32 Å². The molecule has 0 radical (unpaired) electrons. The van der Waals surface area contributed by atoms with Gasteiger partial charge in [0.05, 0.1) is 0 Å². The Morgan fingerprint density at radius 1 is 1.30 bits per heavy atom. The molecule has 3 nitrogen and oxygen atoms in total. The summed E-state index contributed by atoms with van der Waals surface area (Å²) >= 11 is 1.67. The summed E-state index contributed by atoms with van der Waals surface area (Å²) in [7, 11) is 0. The third-order valence-corrected chi connectivity index (χ3v) is 4.34. The molecule has 0 bridgehead atoms. The van der Waals surface area contributed by atoms with Crippen LogP contribution in [-0.4, -0.2) is 5.91 Å². The molecule has 1 unspecified atom stereocenters. The predicted molar refractivity (Wildman–Crippen MR) is 84.8 cm³/mol. The molecule has 2 rings (SSSR count). The first kappa shape index (κ1) is 14.6. The molecule has 0 saturated heterocycles. The summed E-state index contributed by atoms with van der Waals surface area (Å²) in [5, 5.41) is 7.16. The first-order valence-electron chi connectivity index (χ1n) is 6.70. The number of nitrogens with two attached hydrogens (primary N) is 1. The SMILES string of the molecule is Cc1cscc1CNC(=O)CC(C)c1ccc(N)cc1. The zero-order valence-electron chi connectivity index (χ0n) is 11.8. The topological polar surface area (TPSA) is 55.1 Å². The first-order chi connectivity index (χ1) is 9.56. The zero-order chi connectivity index (χ0) is 14.5. The van der Waals surface area contributed by atoms with Crippen LogP contribution in [0.25, 0.3) is 0 Å². The molecule has 3 N–H and O–H groups in total. The number of aryl methyl sites for hydroxylation is 1. The molecule has 1 atom stereocenters. The van der Waals surface area contributed by atoms with Crippen LogP contribution < -0.4 is 11.1 Å². The van der Waals surface area contributed by atoms with Gasteiger partial charge in [0.2, 0.25) is 5.91 Å². The van der Waals surface area contributed by atoms with Gasteiger partial charge < -0.3 is 11.1 Å². The molecule has 1 aromatic carbocycles. The van der Waals surface area contributed by atoms with Gasteiger partial charge in [-0.25, -0.2) is 0 Å². The van der Waals surface area contributed by atoms with Crippen molar-refractivity contribution >= 4 is 22.9 Å². The Morgan fingerprint density at radius 3 is 2.60 bits per heavy atom. The van der Waals surface area contributed by atoms with Crippen molar-refractivity contribution in [2.75, 3.05) is 5.73 Å². The molecule has 2 aromatic rings. The van der Waals surface area contributed by atoms with Gasteiger partial charge in [-0.1, -0.05) is 19.1 Å². The molecule has 0 aliphatic heterocycles. The van der Waals surface area contributed by atoms with Crippen LogP contribution in [0.2, 0.25) is 0 Å². The molecule has 106 valence electrons. The van der Waals surface area contributed by atoms with Crippen LogP contribution in [0.1, 0.15) is 36.0 Å². The molecule has 0 aliphatic carbocycles.